The van der Waals surface area contributed by atoms with E-state index in [9.17, 15) is 4.79 Å². The number of hydrogen-bond acceptors (Lipinski definition) is 3. The Morgan fingerprint density at radius 1 is 1.38 bits per heavy atom. The van der Waals surface area contributed by atoms with Gasteiger partial charge in [0.1, 0.15) is 5.75 Å². The van der Waals surface area contributed by atoms with Crippen molar-refractivity contribution in [2.75, 3.05) is 19.7 Å². The van der Waals surface area contributed by atoms with Gasteiger partial charge < -0.3 is 10.1 Å². The summed E-state index contributed by atoms with van der Waals surface area (Å²) >= 11 is 0. The number of hydrogen-bond donors (Lipinski definition) is 1. The largest absolute Gasteiger partial charge is 0.494 e. The highest BCUT2D eigenvalue weighted by atomic mass is 16.5. The Morgan fingerprint density at radius 2 is 2.10 bits per heavy atom. The second-order valence-corrected chi connectivity index (χ2v) is 6.78. The van der Waals surface area contributed by atoms with Gasteiger partial charge in [0.05, 0.1) is 6.61 Å². The first kappa shape index (κ1) is 16.0. The molecule has 1 aliphatic heterocycles. The van der Waals surface area contributed by atoms with E-state index in [-0.39, 0.29) is 5.78 Å². The molecule has 1 aromatic rings. The van der Waals surface area contributed by atoms with Crippen molar-refractivity contribution in [3.05, 3.63) is 29.8 Å². The van der Waals surface area contributed by atoms with Gasteiger partial charge in [0.2, 0.25) is 0 Å². The first-order valence-electron chi connectivity index (χ1n) is 7.93. The average molecular weight is 289 g/mol. The van der Waals surface area contributed by atoms with Crippen LogP contribution in [0.5, 0.6) is 5.75 Å². The Morgan fingerprint density at radius 3 is 2.71 bits per heavy atom. The van der Waals surface area contributed by atoms with Crippen LogP contribution in [-0.4, -0.2) is 25.5 Å². The smallest absolute Gasteiger partial charge is 0.159 e. The zero-order valence-electron chi connectivity index (χ0n) is 13.4. The lowest BCUT2D eigenvalue weighted by atomic mass is 9.75. The van der Waals surface area contributed by atoms with Crippen LogP contribution >= 0.6 is 0 Å². The third-order valence-electron chi connectivity index (χ3n) is 4.34. The number of rotatable bonds is 6. The van der Waals surface area contributed by atoms with Crippen LogP contribution in [0.3, 0.4) is 0 Å². The molecule has 0 radical (unpaired) electrons. The molecule has 116 valence electrons. The summed E-state index contributed by atoms with van der Waals surface area (Å²) in [5.74, 6) is 1.71. The molecule has 0 bridgehead atoms. The molecule has 1 fully saturated rings. The summed E-state index contributed by atoms with van der Waals surface area (Å²) in [6, 6.07) is 7.41. The second-order valence-electron chi connectivity index (χ2n) is 6.78. The molecular weight excluding hydrogens is 262 g/mol. The molecule has 3 nitrogen and oxygen atoms in total. The normalized spacial score (nSPS) is 25.6. The lowest BCUT2D eigenvalue weighted by Gasteiger charge is -2.37. The molecule has 0 unspecified atom stereocenters. The number of carbonyl (C=O) groups excluding carboxylic acids is 1. The summed E-state index contributed by atoms with van der Waals surface area (Å²) in [6.07, 6.45) is 3.56. The Bertz CT molecular complexity index is 469. The number of piperidine rings is 1. The van der Waals surface area contributed by atoms with Gasteiger partial charge >= 0.3 is 0 Å². The summed E-state index contributed by atoms with van der Waals surface area (Å²) < 4.78 is 5.77. The summed E-state index contributed by atoms with van der Waals surface area (Å²) in [7, 11) is 0. The Hall–Kier alpha value is -1.35. The van der Waals surface area contributed by atoms with E-state index in [0.717, 1.165) is 43.3 Å². The number of ether oxygens (including phenoxy) is 1. The van der Waals surface area contributed by atoms with Gasteiger partial charge in [0, 0.05) is 12.1 Å². The van der Waals surface area contributed by atoms with Gasteiger partial charge in [-0.2, -0.15) is 0 Å². The van der Waals surface area contributed by atoms with Crippen LogP contribution in [0, 0.1) is 11.3 Å². The van der Waals surface area contributed by atoms with E-state index in [1.54, 1.807) is 6.92 Å². The molecular formula is C18H27NO2. The standard InChI is InChI=1S/C18H27NO2/c1-14-11-18(3,13-19-12-14)9-4-10-21-17-7-5-16(6-8-17)15(2)20/h5-8,14,19H,4,9-13H2,1-3H3/t14-,18+/m1/s1. The zero-order valence-corrected chi connectivity index (χ0v) is 13.4. The van der Waals surface area contributed by atoms with Gasteiger partial charge in [0.25, 0.3) is 0 Å². The summed E-state index contributed by atoms with van der Waals surface area (Å²) in [5.41, 5.74) is 1.14. The molecule has 1 aromatic carbocycles. The number of nitrogens with one attached hydrogen (secondary N) is 1. The van der Waals surface area contributed by atoms with E-state index in [0.29, 0.717) is 5.41 Å². The van der Waals surface area contributed by atoms with E-state index in [1.165, 1.54) is 12.8 Å². The number of carbonyl (C=O) groups is 1. The molecule has 0 spiro atoms. The molecule has 2 rings (SSSR count). The first-order valence-corrected chi connectivity index (χ1v) is 7.93. The van der Waals surface area contributed by atoms with Gasteiger partial charge in [0.15, 0.2) is 5.78 Å². The maximum Gasteiger partial charge on any atom is 0.159 e. The maximum atomic E-state index is 11.2. The maximum absolute atomic E-state index is 11.2. The van der Waals surface area contributed by atoms with Crippen molar-refractivity contribution in [2.45, 2.75) is 40.0 Å². The van der Waals surface area contributed by atoms with Crippen LogP contribution in [0.2, 0.25) is 0 Å². The molecule has 1 saturated heterocycles. The summed E-state index contributed by atoms with van der Waals surface area (Å²) in [6.45, 7) is 9.27. The molecule has 21 heavy (non-hydrogen) atoms. The second kappa shape index (κ2) is 7.08. The fourth-order valence-corrected chi connectivity index (χ4v) is 3.27. The van der Waals surface area contributed by atoms with Crippen LogP contribution in [0.25, 0.3) is 0 Å². The molecule has 0 amide bonds. The van der Waals surface area contributed by atoms with Crippen molar-refractivity contribution in [1.82, 2.24) is 5.32 Å². The Labute approximate surface area is 128 Å². The molecule has 1 aliphatic rings. The van der Waals surface area contributed by atoms with Gasteiger partial charge in [-0.3, -0.25) is 4.79 Å². The molecule has 1 N–H and O–H groups in total. The minimum Gasteiger partial charge on any atom is -0.494 e. The minimum absolute atomic E-state index is 0.0911. The van der Waals surface area contributed by atoms with E-state index < -0.39 is 0 Å². The van der Waals surface area contributed by atoms with Crippen molar-refractivity contribution >= 4 is 5.78 Å². The quantitative estimate of drug-likeness (QED) is 0.641. The predicted molar refractivity (Wildman–Crippen MR) is 85.9 cm³/mol. The Balaban J connectivity index is 1.73. The van der Waals surface area contributed by atoms with Crippen molar-refractivity contribution in [3.63, 3.8) is 0 Å². The highest BCUT2D eigenvalue weighted by Gasteiger charge is 2.29. The topological polar surface area (TPSA) is 38.3 Å². The molecule has 3 heteroatoms. The number of ketones is 1. The molecule has 1 heterocycles. The third-order valence-corrected chi connectivity index (χ3v) is 4.34. The predicted octanol–water partition coefficient (Wildman–Crippen LogP) is 3.68. The fraction of sp³-hybridized carbons (Fsp3) is 0.611. The van der Waals surface area contributed by atoms with Gasteiger partial charge in [-0.25, -0.2) is 0 Å². The SMILES string of the molecule is CC(=O)c1ccc(OCCC[C@]2(C)CNC[C@H](C)C2)cc1. The number of benzene rings is 1. The van der Waals surface area contributed by atoms with E-state index >= 15 is 0 Å². The monoisotopic (exact) mass is 289 g/mol. The fourth-order valence-electron chi connectivity index (χ4n) is 3.27. The van der Waals surface area contributed by atoms with E-state index in [4.69, 9.17) is 4.74 Å². The third kappa shape index (κ3) is 4.85. The van der Waals surface area contributed by atoms with Crippen molar-refractivity contribution in [1.29, 1.82) is 0 Å². The summed E-state index contributed by atoms with van der Waals surface area (Å²) in [5, 5.41) is 3.53. The first-order chi connectivity index (χ1) is 9.98. The molecule has 0 saturated carbocycles. The molecule has 0 aromatic heterocycles. The van der Waals surface area contributed by atoms with Gasteiger partial charge in [-0.05, 0) is 68.3 Å². The minimum atomic E-state index is 0.0911. The van der Waals surface area contributed by atoms with E-state index in [1.807, 2.05) is 24.3 Å². The number of Topliss-reactive ketones (excluding diaryl/α,β-unsaturated/α-hetero) is 1. The Kier molecular flexibility index (Phi) is 5.40. The molecule has 0 aliphatic carbocycles. The van der Waals surface area contributed by atoms with Crippen LogP contribution in [0.4, 0.5) is 0 Å². The molecule has 2 atom stereocenters. The van der Waals surface area contributed by atoms with Crippen molar-refractivity contribution in [3.8, 4) is 5.75 Å². The zero-order chi connectivity index (χ0) is 15.3. The van der Waals surface area contributed by atoms with Crippen molar-refractivity contribution in [2.24, 2.45) is 11.3 Å². The van der Waals surface area contributed by atoms with E-state index in [2.05, 4.69) is 19.2 Å². The van der Waals surface area contributed by atoms with Crippen LogP contribution in [-0.2, 0) is 0 Å². The van der Waals surface area contributed by atoms with Gasteiger partial charge in [-0.15, -0.1) is 0 Å². The van der Waals surface area contributed by atoms with Crippen LogP contribution in [0.15, 0.2) is 24.3 Å². The summed E-state index contributed by atoms with van der Waals surface area (Å²) in [4.78, 5) is 11.2. The van der Waals surface area contributed by atoms with Crippen LogP contribution < -0.4 is 10.1 Å². The lowest BCUT2D eigenvalue weighted by molar-refractivity contribution is 0.101. The highest BCUT2D eigenvalue weighted by molar-refractivity contribution is 5.94. The van der Waals surface area contributed by atoms with Crippen LogP contribution in [0.1, 0.15) is 50.4 Å². The van der Waals surface area contributed by atoms with Crippen molar-refractivity contribution < 1.29 is 9.53 Å². The average Bonchev–Trinajstić information content (AvgIpc) is 2.44. The highest BCUT2D eigenvalue weighted by Crippen LogP contribution is 2.33. The van der Waals surface area contributed by atoms with Gasteiger partial charge in [-0.1, -0.05) is 13.8 Å². The lowest BCUT2D eigenvalue weighted by Crippen LogP contribution is -2.42.